The number of aromatic nitrogens is 3. The van der Waals surface area contributed by atoms with Crippen molar-refractivity contribution in [2.24, 2.45) is 0 Å². The lowest BCUT2D eigenvalue weighted by atomic mass is 10.1. The molecule has 4 aromatic rings. The van der Waals surface area contributed by atoms with E-state index in [0.717, 1.165) is 17.0 Å². The summed E-state index contributed by atoms with van der Waals surface area (Å²) < 4.78 is 7.14. The Balaban J connectivity index is 1.66. The van der Waals surface area contributed by atoms with Crippen LogP contribution in [0.2, 0.25) is 15.1 Å². The van der Waals surface area contributed by atoms with Crippen LogP contribution < -0.4 is 4.74 Å². The Labute approximate surface area is 204 Å². The lowest BCUT2D eigenvalue weighted by Gasteiger charge is -2.11. The first kappa shape index (κ1) is 22.7. The predicted octanol–water partition coefficient (Wildman–Crippen LogP) is 6.88. The fraction of sp³-hybridized carbons (Fsp3) is 0.0870. The smallest absolute Gasteiger partial charge is 0.196 e. The maximum atomic E-state index is 12.7. The van der Waals surface area contributed by atoms with Crippen LogP contribution in [0.25, 0.3) is 17.1 Å². The number of rotatable bonds is 7. The van der Waals surface area contributed by atoms with Gasteiger partial charge in [0.2, 0.25) is 0 Å². The van der Waals surface area contributed by atoms with Crippen molar-refractivity contribution in [3.63, 3.8) is 0 Å². The number of thioether (sulfide) groups is 1. The molecule has 0 N–H and O–H groups in total. The van der Waals surface area contributed by atoms with E-state index in [9.17, 15) is 4.79 Å². The number of halogens is 3. The molecule has 1 aromatic heterocycles. The molecule has 5 nitrogen and oxygen atoms in total. The lowest BCUT2D eigenvalue weighted by Crippen LogP contribution is -2.05. The SMILES string of the molecule is COc1ccc(-c2nnc(SCC(=O)c3ccc(Cl)c(Cl)c3)n2-c2ccc(Cl)cc2)cc1. The molecule has 162 valence electrons. The van der Waals surface area contributed by atoms with Gasteiger partial charge in [0, 0.05) is 21.8 Å². The van der Waals surface area contributed by atoms with Gasteiger partial charge in [-0.1, -0.05) is 46.6 Å². The second-order valence-electron chi connectivity index (χ2n) is 6.69. The van der Waals surface area contributed by atoms with Crippen molar-refractivity contribution in [1.29, 1.82) is 0 Å². The molecule has 0 atom stereocenters. The number of Topliss-reactive ketones (excluding diaryl/α,β-unsaturated/α-hetero) is 1. The number of carbonyl (C=O) groups excluding carboxylic acids is 1. The summed E-state index contributed by atoms with van der Waals surface area (Å²) >= 11 is 19.4. The minimum atomic E-state index is -0.0924. The summed E-state index contributed by atoms with van der Waals surface area (Å²) in [5.41, 5.74) is 2.17. The summed E-state index contributed by atoms with van der Waals surface area (Å²) in [6, 6.07) is 19.7. The first-order valence-corrected chi connectivity index (χ1v) is 11.5. The number of nitrogens with zero attached hydrogens (tertiary/aromatic N) is 3. The molecule has 0 saturated heterocycles. The highest BCUT2D eigenvalue weighted by molar-refractivity contribution is 7.99. The molecule has 1 heterocycles. The summed E-state index contributed by atoms with van der Waals surface area (Å²) in [6.07, 6.45) is 0. The molecule has 0 spiro atoms. The molecule has 0 radical (unpaired) electrons. The van der Waals surface area contributed by atoms with Gasteiger partial charge in [-0.15, -0.1) is 10.2 Å². The van der Waals surface area contributed by atoms with Crippen LogP contribution >= 0.6 is 46.6 Å². The molecule has 9 heteroatoms. The molecule has 4 rings (SSSR count). The molecule has 0 fully saturated rings. The van der Waals surface area contributed by atoms with Crippen molar-refractivity contribution in [1.82, 2.24) is 14.8 Å². The third kappa shape index (κ3) is 4.94. The van der Waals surface area contributed by atoms with E-state index in [1.807, 2.05) is 41.0 Å². The number of methoxy groups -OCH3 is 1. The Hall–Kier alpha value is -2.51. The minimum absolute atomic E-state index is 0.0924. The van der Waals surface area contributed by atoms with Crippen LogP contribution in [0.1, 0.15) is 10.4 Å². The molecule has 0 saturated carbocycles. The molecule has 3 aromatic carbocycles. The van der Waals surface area contributed by atoms with E-state index < -0.39 is 0 Å². The Bertz CT molecular complexity index is 1260. The second-order valence-corrected chi connectivity index (χ2v) is 8.88. The van der Waals surface area contributed by atoms with Gasteiger partial charge in [-0.3, -0.25) is 9.36 Å². The van der Waals surface area contributed by atoms with Gasteiger partial charge in [0.05, 0.1) is 22.9 Å². The van der Waals surface area contributed by atoms with E-state index in [1.54, 1.807) is 37.4 Å². The molecule has 32 heavy (non-hydrogen) atoms. The van der Waals surface area contributed by atoms with Crippen LogP contribution in [0.3, 0.4) is 0 Å². The number of hydrogen-bond donors (Lipinski definition) is 0. The van der Waals surface area contributed by atoms with E-state index in [4.69, 9.17) is 39.5 Å². The topological polar surface area (TPSA) is 57.0 Å². The Kier molecular flexibility index (Phi) is 7.06. The Morgan fingerprint density at radius 3 is 2.31 bits per heavy atom. The number of benzene rings is 3. The highest BCUT2D eigenvalue weighted by Crippen LogP contribution is 2.30. The maximum Gasteiger partial charge on any atom is 0.196 e. The van der Waals surface area contributed by atoms with Crippen LogP contribution in [0.15, 0.2) is 71.9 Å². The van der Waals surface area contributed by atoms with E-state index in [0.29, 0.717) is 31.6 Å². The second kappa shape index (κ2) is 9.96. The third-order valence-electron chi connectivity index (χ3n) is 4.64. The first-order chi connectivity index (χ1) is 15.5. The monoisotopic (exact) mass is 503 g/mol. The number of carbonyl (C=O) groups is 1. The molecular weight excluding hydrogens is 489 g/mol. The summed E-state index contributed by atoms with van der Waals surface area (Å²) in [6.45, 7) is 0. The molecular formula is C23H16Cl3N3O2S. The summed E-state index contributed by atoms with van der Waals surface area (Å²) in [7, 11) is 1.62. The van der Waals surface area contributed by atoms with Crippen LogP contribution in [0.4, 0.5) is 0 Å². The zero-order valence-corrected chi connectivity index (χ0v) is 19.8. The van der Waals surface area contributed by atoms with Crippen molar-refractivity contribution >= 4 is 52.3 Å². The summed E-state index contributed by atoms with van der Waals surface area (Å²) in [5.74, 6) is 1.45. The van der Waals surface area contributed by atoms with Crippen LogP contribution in [0, 0.1) is 0 Å². The van der Waals surface area contributed by atoms with Crippen LogP contribution in [0.5, 0.6) is 5.75 Å². The third-order valence-corrected chi connectivity index (χ3v) is 6.56. The Morgan fingerprint density at radius 1 is 0.938 bits per heavy atom. The lowest BCUT2D eigenvalue weighted by molar-refractivity contribution is 0.102. The number of ether oxygens (including phenoxy) is 1. The van der Waals surface area contributed by atoms with Crippen LogP contribution in [-0.2, 0) is 0 Å². The van der Waals surface area contributed by atoms with Crippen molar-refractivity contribution in [3.05, 3.63) is 87.4 Å². The van der Waals surface area contributed by atoms with Crippen LogP contribution in [-0.4, -0.2) is 33.4 Å². The largest absolute Gasteiger partial charge is 0.497 e. The predicted molar refractivity (Wildman–Crippen MR) is 130 cm³/mol. The van der Waals surface area contributed by atoms with Gasteiger partial charge in [-0.2, -0.15) is 0 Å². The maximum absolute atomic E-state index is 12.7. The summed E-state index contributed by atoms with van der Waals surface area (Å²) in [5, 5.41) is 10.7. The van der Waals surface area contributed by atoms with Crippen molar-refractivity contribution in [2.45, 2.75) is 5.16 Å². The zero-order valence-electron chi connectivity index (χ0n) is 16.8. The molecule has 0 bridgehead atoms. The van der Waals surface area contributed by atoms with Gasteiger partial charge >= 0.3 is 0 Å². The van der Waals surface area contributed by atoms with E-state index in [2.05, 4.69) is 10.2 Å². The minimum Gasteiger partial charge on any atom is -0.497 e. The molecule has 0 aliphatic rings. The zero-order chi connectivity index (χ0) is 22.7. The van der Waals surface area contributed by atoms with Gasteiger partial charge in [-0.05, 0) is 66.7 Å². The van der Waals surface area contributed by atoms with Gasteiger partial charge in [0.15, 0.2) is 16.8 Å². The summed E-state index contributed by atoms with van der Waals surface area (Å²) in [4.78, 5) is 12.7. The first-order valence-electron chi connectivity index (χ1n) is 9.43. The van der Waals surface area contributed by atoms with Crippen molar-refractivity contribution in [2.75, 3.05) is 12.9 Å². The molecule has 0 aliphatic carbocycles. The molecule has 0 aliphatic heterocycles. The van der Waals surface area contributed by atoms with Gasteiger partial charge in [-0.25, -0.2) is 0 Å². The fourth-order valence-corrected chi connectivity index (χ4v) is 4.27. The van der Waals surface area contributed by atoms with E-state index >= 15 is 0 Å². The average molecular weight is 505 g/mol. The van der Waals surface area contributed by atoms with Crippen molar-refractivity contribution < 1.29 is 9.53 Å². The standard InChI is InChI=1S/C23H16Cl3N3O2S/c1-31-18-9-2-14(3-10-18)22-27-28-23(29(22)17-7-5-16(24)6-8-17)32-13-21(30)15-4-11-19(25)20(26)12-15/h2-12H,13H2,1H3. The quantitative estimate of drug-likeness (QED) is 0.203. The Morgan fingerprint density at radius 2 is 1.66 bits per heavy atom. The van der Waals surface area contributed by atoms with Gasteiger partial charge < -0.3 is 4.74 Å². The van der Waals surface area contributed by atoms with Crippen molar-refractivity contribution in [3.8, 4) is 22.8 Å². The molecule has 0 amide bonds. The normalized spacial score (nSPS) is 10.9. The highest BCUT2D eigenvalue weighted by atomic mass is 35.5. The number of ketones is 1. The average Bonchev–Trinajstić information content (AvgIpc) is 3.23. The fourth-order valence-electron chi connectivity index (χ4n) is 3.00. The van der Waals surface area contributed by atoms with Gasteiger partial charge in [0.1, 0.15) is 5.75 Å². The van der Waals surface area contributed by atoms with E-state index in [1.165, 1.54) is 11.8 Å². The molecule has 0 unspecified atom stereocenters. The van der Waals surface area contributed by atoms with E-state index in [-0.39, 0.29) is 11.5 Å². The highest BCUT2D eigenvalue weighted by Gasteiger charge is 2.18. The van der Waals surface area contributed by atoms with Gasteiger partial charge in [0.25, 0.3) is 0 Å². The number of hydrogen-bond acceptors (Lipinski definition) is 5.